The molecule has 1 aliphatic rings. The number of nitrogens with zero attached hydrogens (tertiary/aromatic N) is 4. The van der Waals surface area contributed by atoms with Gasteiger partial charge in [0.2, 0.25) is 0 Å². The number of carbonyl (C=O) groups is 2. The summed E-state index contributed by atoms with van der Waals surface area (Å²) in [5, 5.41) is 14.3. The summed E-state index contributed by atoms with van der Waals surface area (Å²) in [5.74, 6) is -1.28. The van der Waals surface area contributed by atoms with E-state index < -0.39 is 12.1 Å². The summed E-state index contributed by atoms with van der Waals surface area (Å²) in [5.41, 5.74) is 2.58. The lowest BCUT2D eigenvalue weighted by Gasteiger charge is -2.35. The van der Waals surface area contributed by atoms with Gasteiger partial charge in [0, 0.05) is 19.3 Å². The highest BCUT2D eigenvalue weighted by molar-refractivity contribution is 6.06. The second-order valence-electron chi connectivity index (χ2n) is 6.20. The maximum absolute atomic E-state index is 13.1. The van der Waals surface area contributed by atoms with E-state index in [0.717, 1.165) is 5.69 Å². The fourth-order valence-corrected chi connectivity index (χ4v) is 3.16. The molecule has 3 rings (SSSR count). The molecule has 0 saturated carbocycles. The number of carboxylic acid groups (broad SMARTS) is 1. The van der Waals surface area contributed by atoms with E-state index in [1.54, 1.807) is 24.7 Å². The molecule has 128 valence electrons. The summed E-state index contributed by atoms with van der Waals surface area (Å²) in [6, 6.07) is 1.73. The van der Waals surface area contributed by atoms with Crippen molar-refractivity contribution in [3.05, 3.63) is 23.0 Å². The minimum Gasteiger partial charge on any atom is -0.479 e. The average Bonchev–Trinajstić information content (AvgIpc) is 2.79. The monoisotopic (exact) mass is 332 g/mol. The number of aromatic nitrogens is 3. The third-order valence-electron chi connectivity index (χ3n) is 4.15. The molecule has 0 bridgehead atoms. The van der Waals surface area contributed by atoms with Crippen molar-refractivity contribution in [3.63, 3.8) is 0 Å². The van der Waals surface area contributed by atoms with Crippen LogP contribution in [0, 0.1) is 13.8 Å². The van der Waals surface area contributed by atoms with Crippen LogP contribution in [-0.2, 0) is 16.6 Å². The van der Waals surface area contributed by atoms with Crippen LogP contribution in [0.3, 0.4) is 0 Å². The maximum Gasteiger partial charge on any atom is 0.334 e. The fourth-order valence-electron chi connectivity index (χ4n) is 3.16. The predicted octanol–water partition coefficient (Wildman–Crippen LogP) is 0.899. The third-order valence-corrected chi connectivity index (χ3v) is 4.15. The lowest BCUT2D eigenvalue weighted by atomic mass is 10.1. The van der Waals surface area contributed by atoms with E-state index in [1.165, 1.54) is 4.90 Å². The minimum absolute atomic E-state index is 0.0285. The van der Waals surface area contributed by atoms with Crippen LogP contribution in [0.25, 0.3) is 11.0 Å². The van der Waals surface area contributed by atoms with Gasteiger partial charge < -0.3 is 14.7 Å². The molecule has 24 heavy (non-hydrogen) atoms. The number of carbonyl (C=O) groups excluding carboxylic acids is 1. The first-order valence-corrected chi connectivity index (χ1v) is 7.76. The Morgan fingerprint density at radius 2 is 2.04 bits per heavy atom. The van der Waals surface area contributed by atoms with Crippen molar-refractivity contribution in [1.82, 2.24) is 19.7 Å². The average molecular weight is 332 g/mol. The standard InChI is InChI=1S/C16H20N4O4/c1-8-5-11(13-10(3)18-19(4)14(13)17-8)15(21)20-6-9(2)24-12(7-20)16(22)23/h5,9,12H,6-7H2,1-4H3,(H,22,23)/t9-,12?/m1/s1. The van der Waals surface area contributed by atoms with Gasteiger partial charge in [-0.1, -0.05) is 0 Å². The van der Waals surface area contributed by atoms with Crippen LogP contribution in [0.4, 0.5) is 0 Å². The second kappa shape index (κ2) is 5.86. The summed E-state index contributed by atoms with van der Waals surface area (Å²) in [6.07, 6.45) is -1.34. The fraction of sp³-hybridized carbons (Fsp3) is 0.500. The van der Waals surface area contributed by atoms with Gasteiger partial charge in [0.1, 0.15) is 0 Å². The molecular weight excluding hydrogens is 312 g/mol. The highest BCUT2D eigenvalue weighted by atomic mass is 16.5. The van der Waals surface area contributed by atoms with Crippen molar-refractivity contribution in [3.8, 4) is 0 Å². The van der Waals surface area contributed by atoms with Gasteiger partial charge in [0.05, 0.1) is 29.3 Å². The van der Waals surface area contributed by atoms with Crippen molar-refractivity contribution in [2.45, 2.75) is 33.0 Å². The SMILES string of the molecule is Cc1cc(C(=O)N2CC(C(=O)O)O[C@H](C)C2)c2c(C)nn(C)c2n1. The van der Waals surface area contributed by atoms with E-state index >= 15 is 0 Å². The van der Waals surface area contributed by atoms with Crippen molar-refractivity contribution < 1.29 is 19.4 Å². The Bertz CT molecular complexity index is 829. The lowest BCUT2D eigenvalue weighted by Crippen LogP contribution is -2.51. The van der Waals surface area contributed by atoms with Gasteiger partial charge in [-0.2, -0.15) is 5.10 Å². The predicted molar refractivity (Wildman–Crippen MR) is 85.9 cm³/mol. The van der Waals surface area contributed by atoms with Gasteiger partial charge in [-0.3, -0.25) is 9.48 Å². The molecule has 1 N–H and O–H groups in total. The van der Waals surface area contributed by atoms with Gasteiger partial charge in [0.15, 0.2) is 11.8 Å². The Hall–Kier alpha value is -2.48. The summed E-state index contributed by atoms with van der Waals surface area (Å²) in [6.45, 7) is 5.79. The number of ether oxygens (including phenoxy) is 1. The number of amides is 1. The largest absolute Gasteiger partial charge is 0.479 e. The number of pyridine rings is 1. The summed E-state index contributed by atoms with van der Waals surface area (Å²) < 4.78 is 7.03. The van der Waals surface area contributed by atoms with Crippen molar-refractivity contribution in [2.24, 2.45) is 7.05 Å². The van der Waals surface area contributed by atoms with Gasteiger partial charge in [-0.05, 0) is 26.8 Å². The lowest BCUT2D eigenvalue weighted by molar-refractivity contribution is -0.160. The van der Waals surface area contributed by atoms with Crippen molar-refractivity contribution in [2.75, 3.05) is 13.1 Å². The van der Waals surface area contributed by atoms with E-state index in [4.69, 9.17) is 4.74 Å². The topological polar surface area (TPSA) is 97.5 Å². The number of carboxylic acids is 1. The molecule has 3 heterocycles. The molecule has 1 amide bonds. The number of rotatable bonds is 2. The van der Waals surface area contributed by atoms with E-state index in [2.05, 4.69) is 10.1 Å². The molecule has 0 aliphatic carbocycles. The number of morpholine rings is 1. The number of aliphatic carboxylic acids is 1. The van der Waals surface area contributed by atoms with Gasteiger partial charge in [-0.15, -0.1) is 0 Å². The molecule has 2 aromatic heterocycles. The van der Waals surface area contributed by atoms with Gasteiger partial charge in [0.25, 0.3) is 5.91 Å². The number of fused-ring (bicyclic) bond motifs is 1. The Morgan fingerprint density at radius 3 is 2.71 bits per heavy atom. The Balaban J connectivity index is 2.04. The molecule has 2 aromatic rings. The molecular formula is C16H20N4O4. The van der Waals surface area contributed by atoms with Crippen LogP contribution < -0.4 is 0 Å². The van der Waals surface area contributed by atoms with E-state index in [1.807, 2.05) is 13.8 Å². The van der Waals surface area contributed by atoms with Crippen LogP contribution in [-0.4, -0.2) is 61.9 Å². The summed E-state index contributed by atoms with van der Waals surface area (Å²) in [4.78, 5) is 30.3. The quantitative estimate of drug-likeness (QED) is 0.877. The van der Waals surface area contributed by atoms with E-state index in [0.29, 0.717) is 28.8 Å². The van der Waals surface area contributed by atoms with Crippen LogP contribution in [0.5, 0.6) is 0 Å². The van der Waals surface area contributed by atoms with E-state index in [9.17, 15) is 14.7 Å². The molecule has 8 heteroatoms. The minimum atomic E-state index is -1.06. The first-order chi connectivity index (χ1) is 11.3. The molecule has 1 aliphatic heterocycles. The van der Waals surface area contributed by atoms with Crippen LogP contribution in [0.1, 0.15) is 28.7 Å². The molecule has 1 saturated heterocycles. The molecule has 0 aromatic carbocycles. The number of hydrogen-bond donors (Lipinski definition) is 1. The molecule has 0 radical (unpaired) electrons. The van der Waals surface area contributed by atoms with Crippen LogP contribution >= 0.6 is 0 Å². The molecule has 1 fully saturated rings. The molecule has 8 nitrogen and oxygen atoms in total. The highest BCUT2D eigenvalue weighted by Gasteiger charge is 2.34. The molecule has 1 unspecified atom stereocenters. The first-order valence-electron chi connectivity index (χ1n) is 7.76. The zero-order valence-electron chi connectivity index (χ0n) is 14.1. The maximum atomic E-state index is 13.1. The van der Waals surface area contributed by atoms with Gasteiger partial charge in [-0.25, -0.2) is 9.78 Å². The Kier molecular flexibility index (Phi) is 4.00. The van der Waals surface area contributed by atoms with Crippen LogP contribution in [0.2, 0.25) is 0 Å². The Labute approximate surface area is 139 Å². The van der Waals surface area contributed by atoms with Gasteiger partial charge >= 0.3 is 5.97 Å². The number of aryl methyl sites for hydroxylation is 3. The molecule has 0 spiro atoms. The smallest absolute Gasteiger partial charge is 0.334 e. The normalized spacial score (nSPS) is 21.2. The zero-order chi connectivity index (χ0) is 17.6. The second-order valence-corrected chi connectivity index (χ2v) is 6.20. The highest BCUT2D eigenvalue weighted by Crippen LogP contribution is 2.24. The van der Waals surface area contributed by atoms with Crippen molar-refractivity contribution in [1.29, 1.82) is 0 Å². The van der Waals surface area contributed by atoms with Crippen LogP contribution in [0.15, 0.2) is 6.07 Å². The Morgan fingerprint density at radius 1 is 1.33 bits per heavy atom. The number of hydrogen-bond acceptors (Lipinski definition) is 5. The zero-order valence-corrected chi connectivity index (χ0v) is 14.1. The molecule has 2 atom stereocenters. The van der Waals surface area contributed by atoms with Crippen molar-refractivity contribution >= 4 is 22.9 Å². The third kappa shape index (κ3) is 2.73. The summed E-state index contributed by atoms with van der Waals surface area (Å²) in [7, 11) is 1.79. The summed E-state index contributed by atoms with van der Waals surface area (Å²) >= 11 is 0. The van der Waals surface area contributed by atoms with E-state index in [-0.39, 0.29) is 18.6 Å². The first kappa shape index (κ1) is 16.4.